The summed E-state index contributed by atoms with van der Waals surface area (Å²) in [4.78, 5) is 39.9. The molecule has 0 unspecified atom stereocenters. The van der Waals surface area contributed by atoms with Crippen molar-refractivity contribution in [3.8, 4) is 0 Å². The highest BCUT2D eigenvalue weighted by atomic mass is 16.2. The van der Waals surface area contributed by atoms with Crippen molar-refractivity contribution in [3.05, 3.63) is 30.1 Å². The number of nitrogens with zero attached hydrogens (tertiary/aromatic N) is 2. The molecule has 0 aromatic carbocycles. The highest BCUT2D eigenvalue weighted by Gasteiger charge is 2.29. The molecule has 2 rings (SSSR count). The summed E-state index contributed by atoms with van der Waals surface area (Å²) in [7, 11) is 1.68. The number of aromatic nitrogens is 1. The maximum atomic E-state index is 11.9. The molecule has 0 aliphatic carbocycles. The van der Waals surface area contributed by atoms with Crippen LogP contribution in [0.5, 0.6) is 0 Å². The molecule has 1 saturated heterocycles. The first kappa shape index (κ1) is 14.0. The molecule has 1 fully saturated rings. The zero-order valence-electron chi connectivity index (χ0n) is 11.1. The number of nitrogens with one attached hydrogen (secondary N) is 2. The Kier molecular flexibility index (Phi) is 4.29. The van der Waals surface area contributed by atoms with Crippen LogP contribution in [0.25, 0.3) is 0 Å². The number of imide groups is 1. The van der Waals surface area contributed by atoms with Crippen molar-refractivity contribution in [1.29, 1.82) is 0 Å². The number of amides is 4. The maximum Gasteiger partial charge on any atom is 0.322 e. The predicted octanol–water partition coefficient (Wildman–Crippen LogP) is 0.0282. The summed E-state index contributed by atoms with van der Waals surface area (Å²) < 4.78 is 0. The van der Waals surface area contributed by atoms with E-state index in [0.29, 0.717) is 13.0 Å². The van der Waals surface area contributed by atoms with E-state index in [1.54, 1.807) is 18.1 Å². The topological polar surface area (TPSA) is 91.4 Å². The van der Waals surface area contributed by atoms with Crippen molar-refractivity contribution in [1.82, 2.24) is 20.5 Å². The fraction of sp³-hybridized carbons (Fsp3) is 0.385. The SMILES string of the molecule is CN(Cc1ccccn1)C(=O)CC[C@@H]1NC(=O)NC1=O. The molecule has 0 spiro atoms. The Balaban J connectivity index is 1.80. The first-order chi connectivity index (χ1) is 9.56. The summed E-state index contributed by atoms with van der Waals surface area (Å²) in [6.45, 7) is 0.420. The molecular formula is C13H16N4O3. The lowest BCUT2D eigenvalue weighted by Gasteiger charge is -2.17. The van der Waals surface area contributed by atoms with Gasteiger partial charge in [-0.2, -0.15) is 0 Å². The number of hydrogen-bond donors (Lipinski definition) is 2. The van der Waals surface area contributed by atoms with Gasteiger partial charge in [0.2, 0.25) is 5.91 Å². The molecule has 20 heavy (non-hydrogen) atoms. The Bertz CT molecular complexity index is 518. The average Bonchev–Trinajstić information content (AvgIpc) is 2.75. The Labute approximate surface area is 116 Å². The molecule has 2 heterocycles. The van der Waals surface area contributed by atoms with Gasteiger partial charge >= 0.3 is 6.03 Å². The molecule has 1 aliphatic heterocycles. The van der Waals surface area contributed by atoms with Gasteiger partial charge in [0, 0.05) is 19.7 Å². The molecule has 1 aromatic heterocycles. The van der Waals surface area contributed by atoms with Crippen LogP contribution in [0.4, 0.5) is 4.79 Å². The average molecular weight is 276 g/mol. The quantitative estimate of drug-likeness (QED) is 0.742. The second-order valence-corrected chi connectivity index (χ2v) is 4.62. The Morgan fingerprint density at radius 3 is 2.80 bits per heavy atom. The molecule has 0 radical (unpaired) electrons. The van der Waals surface area contributed by atoms with E-state index < -0.39 is 12.1 Å². The van der Waals surface area contributed by atoms with Gasteiger partial charge in [-0.1, -0.05) is 6.07 Å². The predicted molar refractivity (Wildman–Crippen MR) is 70.4 cm³/mol. The summed E-state index contributed by atoms with van der Waals surface area (Å²) in [6, 6.07) is 4.39. The van der Waals surface area contributed by atoms with E-state index >= 15 is 0 Å². The minimum absolute atomic E-state index is 0.0930. The van der Waals surface area contributed by atoms with Crippen LogP contribution >= 0.6 is 0 Å². The molecule has 106 valence electrons. The lowest BCUT2D eigenvalue weighted by Crippen LogP contribution is -2.32. The van der Waals surface area contributed by atoms with Crippen LogP contribution < -0.4 is 10.6 Å². The van der Waals surface area contributed by atoms with Gasteiger partial charge in [0.15, 0.2) is 0 Å². The van der Waals surface area contributed by atoms with E-state index in [9.17, 15) is 14.4 Å². The molecular weight excluding hydrogens is 260 g/mol. The third-order valence-electron chi connectivity index (χ3n) is 3.06. The van der Waals surface area contributed by atoms with Crippen LogP contribution in [0.2, 0.25) is 0 Å². The molecule has 7 nitrogen and oxygen atoms in total. The summed E-state index contributed by atoms with van der Waals surface area (Å²) in [5.41, 5.74) is 0.801. The summed E-state index contributed by atoms with van der Waals surface area (Å²) in [5.74, 6) is -0.472. The van der Waals surface area contributed by atoms with E-state index in [1.807, 2.05) is 18.2 Å². The zero-order chi connectivity index (χ0) is 14.5. The van der Waals surface area contributed by atoms with E-state index in [-0.39, 0.29) is 18.2 Å². The van der Waals surface area contributed by atoms with Gasteiger partial charge in [0.25, 0.3) is 5.91 Å². The van der Waals surface area contributed by atoms with Crippen molar-refractivity contribution >= 4 is 17.8 Å². The zero-order valence-corrected chi connectivity index (χ0v) is 11.1. The smallest absolute Gasteiger partial charge is 0.322 e. The monoisotopic (exact) mass is 276 g/mol. The fourth-order valence-electron chi connectivity index (χ4n) is 1.94. The largest absolute Gasteiger partial charge is 0.340 e. The Morgan fingerprint density at radius 1 is 1.40 bits per heavy atom. The first-order valence-electron chi connectivity index (χ1n) is 6.31. The summed E-state index contributed by atoms with van der Waals surface area (Å²) in [5, 5.41) is 4.60. The molecule has 7 heteroatoms. The number of pyridine rings is 1. The lowest BCUT2D eigenvalue weighted by molar-refractivity contribution is -0.130. The number of carbonyl (C=O) groups is 3. The Hall–Kier alpha value is -2.44. The first-order valence-corrected chi connectivity index (χ1v) is 6.31. The molecule has 2 N–H and O–H groups in total. The highest BCUT2D eigenvalue weighted by molar-refractivity contribution is 6.04. The van der Waals surface area contributed by atoms with Crippen LogP contribution in [0.1, 0.15) is 18.5 Å². The second kappa shape index (κ2) is 6.14. The van der Waals surface area contributed by atoms with Crippen LogP contribution in [0, 0.1) is 0 Å². The van der Waals surface area contributed by atoms with Crippen LogP contribution in [0.15, 0.2) is 24.4 Å². The van der Waals surface area contributed by atoms with E-state index in [0.717, 1.165) is 5.69 Å². The van der Waals surface area contributed by atoms with Crippen LogP contribution in [0.3, 0.4) is 0 Å². The van der Waals surface area contributed by atoms with Gasteiger partial charge in [-0.15, -0.1) is 0 Å². The van der Waals surface area contributed by atoms with Crippen LogP contribution in [-0.2, 0) is 16.1 Å². The molecule has 1 aromatic rings. The van der Waals surface area contributed by atoms with Crippen molar-refractivity contribution in [3.63, 3.8) is 0 Å². The van der Waals surface area contributed by atoms with E-state index in [4.69, 9.17) is 0 Å². The summed E-state index contributed by atoms with van der Waals surface area (Å²) in [6.07, 6.45) is 2.16. The Morgan fingerprint density at radius 2 is 2.20 bits per heavy atom. The van der Waals surface area contributed by atoms with Crippen LogP contribution in [-0.4, -0.2) is 40.8 Å². The minimum Gasteiger partial charge on any atom is -0.340 e. The highest BCUT2D eigenvalue weighted by Crippen LogP contribution is 2.06. The van der Waals surface area contributed by atoms with Crippen molar-refractivity contribution in [2.75, 3.05) is 7.05 Å². The standard InChI is InChI=1S/C13H16N4O3/c1-17(8-9-4-2-3-7-14-9)11(18)6-5-10-12(19)16-13(20)15-10/h2-4,7,10H,5-6,8H2,1H3,(H2,15,16,19,20)/t10-/m0/s1. The third-order valence-corrected chi connectivity index (χ3v) is 3.06. The van der Waals surface area contributed by atoms with E-state index in [2.05, 4.69) is 15.6 Å². The van der Waals surface area contributed by atoms with Gasteiger partial charge < -0.3 is 10.2 Å². The van der Waals surface area contributed by atoms with Gasteiger partial charge in [0.1, 0.15) is 6.04 Å². The van der Waals surface area contributed by atoms with Gasteiger partial charge in [-0.25, -0.2) is 4.79 Å². The van der Waals surface area contributed by atoms with Crippen molar-refractivity contribution < 1.29 is 14.4 Å². The number of urea groups is 1. The maximum absolute atomic E-state index is 11.9. The molecule has 1 atom stereocenters. The number of rotatable bonds is 5. The molecule has 4 amide bonds. The lowest BCUT2D eigenvalue weighted by atomic mass is 10.1. The third kappa shape index (κ3) is 3.53. The normalized spacial score (nSPS) is 17.6. The summed E-state index contributed by atoms with van der Waals surface area (Å²) >= 11 is 0. The second-order valence-electron chi connectivity index (χ2n) is 4.62. The minimum atomic E-state index is -0.616. The molecule has 0 bridgehead atoms. The van der Waals surface area contributed by atoms with Gasteiger partial charge in [0.05, 0.1) is 12.2 Å². The van der Waals surface area contributed by atoms with E-state index in [1.165, 1.54) is 0 Å². The van der Waals surface area contributed by atoms with Crippen molar-refractivity contribution in [2.24, 2.45) is 0 Å². The van der Waals surface area contributed by atoms with Gasteiger partial charge in [-0.3, -0.25) is 19.9 Å². The molecule has 0 saturated carbocycles. The fourth-order valence-corrected chi connectivity index (χ4v) is 1.94. The number of carbonyl (C=O) groups excluding carboxylic acids is 3. The van der Waals surface area contributed by atoms with Crippen molar-refractivity contribution in [2.45, 2.75) is 25.4 Å². The number of hydrogen-bond acceptors (Lipinski definition) is 4. The molecule has 1 aliphatic rings. The van der Waals surface area contributed by atoms with Gasteiger partial charge in [-0.05, 0) is 18.6 Å².